The Labute approximate surface area is 151 Å². The van der Waals surface area contributed by atoms with Crippen molar-refractivity contribution in [2.45, 2.75) is 37.5 Å². The standard InChI is InChI=1S/C17H21ClN2O5/c1-11(21)23-10-17(19)8-20(9-17)16(22)25-15-6-14(7-15)24-13-4-2-3-12(18)5-13/h2-5,14-15H,6-10,19H2,1H3/t14-,15+. The van der Waals surface area contributed by atoms with Gasteiger partial charge in [-0.2, -0.15) is 0 Å². The van der Waals surface area contributed by atoms with Crippen LogP contribution in [0.5, 0.6) is 5.75 Å². The van der Waals surface area contributed by atoms with Gasteiger partial charge < -0.3 is 24.8 Å². The quantitative estimate of drug-likeness (QED) is 0.799. The lowest BCUT2D eigenvalue weighted by atomic mass is 9.91. The summed E-state index contributed by atoms with van der Waals surface area (Å²) in [7, 11) is 0. The Morgan fingerprint density at radius 3 is 2.68 bits per heavy atom. The molecule has 0 bridgehead atoms. The van der Waals surface area contributed by atoms with Crippen LogP contribution in [0.1, 0.15) is 19.8 Å². The number of carbonyl (C=O) groups excluding carboxylic acids is 2. The van der Waals surface area contributed by atoms with Crippen LogP contribution in [0.2, 0.25) is 5.02 Å². The van der Waals surface area contributed by atoms with Gasteiger partial charge in [0.05, 0.1) is 5.54 Å². The summed E-state index contributed by atoms with van der Waals surface area (Å²) in [4.78, 5) is 24.4. The summed E-state index contributed by atoms with van der Waals surface area (Å²) in [6, 6.07) is 7.21. The SMILES string of the molecule is CC(=O)OCC1(N)CN(C(=O)O[C@H]2C[C@@H](Oc3cccc(Cl)c3)C2)C1. The predicted molar refractivity (Wildman–Crippen MR) is 90.5 cm³/mol. The number of carbonyl (C=O) groups is 2. The van der Waals surface area contributed by atoms with Crippen LogP contribution in [0, 0.1) is 0 Å². The minimum Gasteiger partial charge on any atom is -0.490 e. The number of ether oxygens (including phenoxy) is 3. The molecule has 0 radical (unpaired) electrons. The smallest absolute Gasteiger partial charge is 0.410 e. The Morgan fingerprint density at radius 1 is 1.32 bits per heavy atom. The molecular weight excluding hydrogens is 348 g/mol. The first-order valence-corrected chi connectivity index (χ1v) is 8.51. The highest BCUT2D eigenvalue weighted by Gasteiger charge is 2.45. The number of hydrogen-bond acceptors (Lipinski definition) is 6. The number of likely N-dealkylation sites (tertiary alicyclic amines) is 1. The summed E-state index contributed by atoms with van der Waals surface area (Å²) in [5, 5.41) is 0.622. The first-order valence-electron chi connectivity index (χ1n) is 8.13. The zero-order chi connectivity index (χ0) is 18.0. The number of nitrogens with two attached hydrogens (primary N) is 1. The number of halogens is 1. The summed E-state index contributed by atoms with van der Waals surface area (Å²) < 4.78 is 16.1. The average Bonchev–Trinajstić information content (AvgIpc) is 2.48. The molecule has 1 amide bonds. The third kappa shape index (κ3) is 4.55. The molecule has 3 rings (SSSR count). The monoisotopic (exact) mass is 368 g/mol. The normalized spacial score (nSPS) is 23.9. The van der Waals surface area contributed by atoms with Crippen LogP contribution in [0.25, 0.3) is 0 Å². The predicted octanol–water partition coefficient (Wildman–Crippen LogP) is 1.96. The highest BCUT2D eigenvalue weighted by atomic mass is 35.5. The minimum atomic E-state index is -0.678. The lowest BCUT2D eigenvalue weighted by Crippen LogP contribution is -2.71. The summed E-state index contributed by atoms with van der Waals surface area (Å²) in [5.41, 5.74) is 5.34. The summed E-state index contributed by atoms with van der Waals surface area (Å²) in [6.45, 7) is 2.06. The molecule has 0 aromatic heterocycles. The van der Waals surface area contributed by atoms with Crippen molar-refractivity contribution in [3.8, 4) is 5.75 Å². The zero-order valence-electron chi connectivity index (χ0n) is 13.9. The molecule has 2 fully saturated rings. The molecule has 0 atom stereocenters. The molecule has 2 N–H and O–H groups in total. The van der Waals surface area contributed by atoms with Gasteiger partial charge in [0.1, 0.15) is 24.6 Å². The van der Waals surface area contributed by atoms with E-state index in [0.717, 1.165) is 0 Å². The Hall–Kier alpha value is -1.99. The van der Waals surface area contributed by atoms with Crippen LogP contribution in [0.15, 0.2) is 24.3 Å². The molecule has 0 spiro atoms. The van der Waals surface area contributed by atoms with Crippen LogP contribution in [0.3, 0.4) is 0 Å². The second-order valence-electron chi connectivity index (χ2n) is 6.67. The molecule has 2 aliphatic rings. The zero-order valence-corrected chi connectivity index (χ0v) is 14.7. The Kier molecular flexibility index (Phi) is 5.06. The molecule has 1 saturated heterocycles. The van der Waals surface area contributed by atoms with Crippen molar-refractivity contribution in [3.05, 3.63) is 29.3 Å². The molecule has 1 aliphatic carbocycles. The molecule has 25 heavy (non-hydrogen) atoms. The molecule has 1 aliphatic heterocycles. The van der Waals surface area contributed by atoms with Gasteiger partial charge in [-0.3, -0.25) is 4.79 Å². The molecule has 7 nitrogen and oxygen atoms in total. The third-order valence-electron chi connectivity index (χ3n) is 4.25. The van der Waals surface area contributed by atoms with Gasteiger partial charge in [0, 0.05) is 37.9 Å². The van der Waals surface area contributed by atoms with Crippen molar-refractivity contribution >= 4 is 23.7 Å². The van der Waals surface area contributed by atoms with Gasteiger partial charge in [0.15, 0.2) is 0 Å². The minimum absolute atomic E-state index is 0.0187. The number of rotatable bonds is 5. The Balaban J connectivity index is 1.35. The fourth-order valence-electron chi connectivity index (χ4n) is 2.84. The van der Waals surface area contributed by atoms with Gasteiger partial charge in [0.25, 0.3) is 0 Å². The van der Waals surface area contributed by atoms with E-state index < -0.39 is 11.6 Å². The van der Waals surface area contributed by atoms with Crippen molar-refractivity contribution in [2.75, 3.05) is 19.7 Å². The van der Waals surface area contributed by atoms with Crippen LogP contribution in [-0.4, -0.2) is 54.4 Å². The lowest BCUT2D eigenvalue weighted by molar-refractivity contribution is -0.144. The fourth-order valence-corrected chi connectivity index (χ4v) is 3.02. The molecule has 0 unspecified atom stereocenters. The van der Waals surface area contributed by atoms with E-state index in [2.05, 4.69) is 0 Å². The molecule has 1 saturated carbocycles. The maximum absolute atomic E-state index is 12.0. The van der Waals surface area contributed by atoms with Crippen molar-refractivity contribution in [1.29, 1.82) is 0 Å². The second kappa shape index (κ2) is 7.09. The first kappa shape index (κ1) is 17.8. The van der Waals surface area contributed by atoms with Crippen molar-refractivity contribution in [2.24, 2.45) is 5.73 Å². The van der Waals surface area contributed by atoms with Gasteiger partial charge >= 0.3 is 12.1 Å². The highest BCUT2D eigenvalue weighted by Crippen LogP contribution is 2.30. The van der Waals surface area contributed by atoms with Crippen molar-refractivity contribution < 1.29 is 23.8 Å². The third-order valence-corrected chi connectivity index (χ3v) is 4.49. The Morgan fingerprint density at radius 2 is 2.04 bits per heavy atom. The number of esters is 1. The van der Waals surface area contributed by atoms with Gasteiger partial charge in [-0.25, -0.2) is 4.79 Å². The molecule has 1 aromatic carbocycles. The maximum Gasteiger partial charge on any atom is 0.410 e. The number of hydrogen-bond donors (Lipinski definition) is 1. The second-order valence-corrected chi connectivity index (χ2v) is 7.11. The molecule has 136 valence electrons. The van der Waals surface area contributed by atoms with E-state index in [9.17, 15) is 9.59 Å². The van der Waals surface area contributed by atoms with E-state index in [0.29, 0.717) is 36.7 Å². The van der Waals surface area contributed by atoms with E-state index in [1.165, 1.54) is 11.8 Å². The number of amides is 1. The van der Waals surface area contributed by atoms with Gasteiger partial charge in [-0.15, -0.1) is 0 Å². The number of nitrogens with zero attached hydrogens (tertiary/aromatic N) is 1. The van der Waals surface area contributed by atoms with Crippen LogP contribution in [-0.2, 0) is 14.3 Å². The molecular formula is C17H21ClN2O5. The van der Waals surface area contributed by atoms with Gasteiger partial charge in [-0.1, -0.05) is 17.7 Å². The molecule has 8 heteroatoms. The van der Waals surface area contributed by atoms with E-state index >= 15 is 0 Å². The van der Waals surface area contributed by atoms with Gasteiger partial charge in [0.2, 0.25) is 0 Å². The van der Waals surface area contributed by atoms with Crippen molar-refractivity contribution in [3.63, 3.8) is 0 Å². The van der Waals surface area contributed by atoms with Crippen LogP contribution >= 0.6 is 11.6 Å². The van der Waals surface area contributed by atoms with Crippen molar-refractivity contribution in [1.82, 2.24) is 4.90 Å². The molecule has 1 aromatic rings. The summed E-state index contributed by atoms with van der Waals surface area (Å²) in [6.07, 6.45) is 0.763. The van der Waals surface area contributed by atoms with Gasteiger partial charge in [-0.05, 0) is 18.2 Å². The van der Waals surface area contributed by atoms with E-state index in [1.54, 1.807) is 12.1 Å². The van der Waals surface area contributed by atoms with E-state index in [-0.39, 0.29) is 24.8 Å². The summed E-state index contributed by atoms with van der Waals surface area (Å²) in [5.74, 6) is 0.328. The Bertz CT molecular complexity index is 656. The molecule has 1 heterocycles. The topological polar surface area (TPSA) is 91.1 Å². The fraction of sp³-hybridized carbons (Fsp3) is 0.529. The lowest BCUT2D eigenvalue weighted by Gasteiger charge is -2.47. The first-order chi connectivity index (χ1) is 11.8. The van der Waals surface area contributed by atoms with E-state index in [1.807, 2.05) is 12.1 Å². The maximum atomic E-state index is 12.0. The van der Waals surface area contributed by atoms with Crippen LogP contribution < -0.4 is 10.5 Å². The average molecular weight is 369 g/mol. The summed E-state index contributed by atoms with van der Waals surface area (Å²) >= 11 is 5.91. The number of benzene rings is 1. The highest BCUT2D eigenvalue weighted by molar-refractivity contribution is 6.30. The van der Waals surface area contributed by atoms with Crippen LogP contribution in [0.4, 0.5) is 4.79 Å². The van der Waals surface area contributed by atoms with E-state index in [4.69, 9.17) is 31.5 Å². The largest absolute Gasteiger partial charge is 0.490 e.